The largest absolute Gasteiger partial charge is 0.392 e. The highest BCUT2D eigenvalue weighted by atomic mass is 16.3. The van der Waals surface area contributed by atoms with Crippen LogP contribution in [0.3, 0.4) is 0 Å². The molecule has 2 aliphatic rings. The lowest BCUT2D eigenvalue weighted by Gasteiger charge is -2.26. The predicted octanol–water partition coefficient (Wildman–Crippen LogP) is 0.739. The Labute approximate surface area is 84.9 Å². The minimum Gasteiger partial charge on any atom is -0.392 e. The summed E-state index contributed by atoms with van der Waals surface area (Å²) in [6, 6.07) is 0. The van der Waals surface area contributed by atoms with Crippen LogP contribution < -0.4 is 10.6 Å². The monoisotopic (exact) mass is 194 g/mol. The van der Waals surface area contributed by atoms with Crippen molar-refractivity contribution in [3.8, 4) is 0 Å². The quantitative estimate of drug-likeness (QED) is 0.568. The van der Waals surface area contributed by atoms with Gasteiger partial charge in [-0.3, -0.25) is 5.32 Å². The van der Waals surface area contributed by atoms with Crippen LogP contribution in [0.5, 0.6) is 0 Å². The van der Waals surface area contributed by atoms with E-state index in [-0.39, 0.29) is 6.61 Å². The van der Waals surface area contributed by atoms with Gasteiger partial charge >= 0.3 is 0 Å². The smallest absolute Gasteiger partial charge is 0.0650 e. The first-order valence-electron chi connectivity index (χ1n) is 5.32. The normalized spacial score (nSPS) is 27.6. The second-order valence-corrected chi connectivity index (χ2v) is 4.02. The molecule has 1 aliphatic carbocycles. The Bertz CT molecular complexity index is 258. The lowest BCUT2D eigenvalue weighted by Crippen LogP contribution is -2.35. The third-order valence-electron chi connectivity index (χ3n) is 3.08. The average molecular weight is 194 g/mol. The summed E-state index contributed by atoms with van der Waals surface area (Å²) >= 11 is 0. The molecule has 1 atom stereocenters. The summed E-state index contributed by atoms with van der Waals surface area (Å²) in [5, 5.41) is 15.5. The van der Waals surface area contributed by atoms with Crippen LogP contribution in [0.2, 0.25) is 0 Å². The number of hydrogen-bond acceptors (Lipinski definition) is 3. The zero-order valence-corrected chi connectivity index (χ0v) is 8.42. The molecule has 14 heavy (non-hydrogen) atoms. The van der Waals surface area contributed by atoms with Crippen LogP contribution in [0, 0.1) is 5.92 Å². The van der Waals surface area contributed by atoms with Crippen molar-refractivity contribution >= 4 is 0 Å². The first-order chi connectivity index (χ1) is 6.90. The van der Waals surface area contributed by atoms with Gasteiger partial charge in [-0.2, -0.15) is 0 Å². The Balaban J connectivity index is 1.94. The van der Waals surface area contributed by atoms with Gasteiger partial charge in [0.25, 0.3) is 0 Å². The Morgan fingerprint density at radius 2 is 2.43 bits per heavy atom. The first-order valence-corrected chi connectivity index (χ1v) is 5.32. The third kappa shape index (κ3) is 2.16. The zero-order chi connectivity index (χ0) is 9.80. The summed E-state index contributed by atoms with van der Waals surface area (Å²) in [5.41, 5.74) is 2.68. The third-order valence-corrected chi connectivity index (χ3v) is 3.08. The second-order valence-electron chi connectivity index (χ2n) is 4.02. The van der Waals surface area contributed by atoms with Gasteiger partial charge in [0.2, 0.25) is 0 Å². The van der Waals surface area contributed by atoms with Crippen LogP contribution in [-0.4, -0.2) is 24.9 Å². The van der Waals surface area contributed by atoms with Crippen LogP contribution >= 0.6 is 0 Å². The molecule has 3 heteroatoms. The predicted molar refractivity (Wildman–Crippen MR) is 56.6 cm³/mol. The number of rotatable bonds is 2. The topological polar surface area (TPSA) is 44.3 Å². The van der Waals surface area contributed by atoms with E-state index in [4.69, 9.17) is 5.11 Å². The molecule has 3 nitrogen and oxygen atoms in total. The number of aliphatic hydroxyl groups excluding tert-OH is 1. The molecule has 2 rings (SSSR count). The molecule has 0 fully saturated rings. The van der Waals surface area contributed by atoms with Crippen LogP contribution in [0.4, 0.5) is 0 Å². The molecule has 0 saturated carbocycles. The summed E-state index contributed by atoms with van der Waals surface area (Å²) < 4.78 is 0. The van der Waals surface area contributed by atoms with Crippen LogP contribution in [-0.2, 0) is 0 Å². The van der Waals surface area contributed by atoms with Crippen molar-refractivity contribution in [3.05, 3.63) is 23.4 Å². The number of aliphatic hydroxyl groups is 1. The Hall–Kier alpha value is -0.800. The molecule has 0 aromatic carbocycles. The maximum absolute atomic E-state index is 8.98. The van der Waals surface area contributed by atoms with E-state index in [2.05, 4.69) is 22.9 Å². The summed E-state index contributed by atoms with van der Waals surface area (Å²) in [5.74, 6) is 0.672. The fraction of sp³-hybridized carbons (Fsp3) is 0.636. The maximum atomic E-state index is 8.98. The molecule has 0 radical (unpaired) electrons. The van der Waals surface area contributed by atoms with Gasteiger partial charge in [0.05, 0.1) is 13.3 Å². The van der Waals surface area contributed by atoms with E-state index in [9.17, 15) is 0 Å². The SMILES string of the molecule is OCC1=CCC(C2=CNCNC2)CC1. The highest BCUT2D eigenvalue weighted by Gasteiger charge is 2.18. The number of allylic oxidation sites excluding steroid dienone is 1. The number of hydrogen-bond donors (Lipinski definition) is 3. The highest BCUT2D eigenvalue weighted by molar-refractivity contribution is 5.17. The maximum Gasteiger partial charge on any atom is 0.0650 e. The van der Waals surface area contributed by atoms with Crippen molar-refractivity contribution in [1.29, 1.82) is 0 Å². The van der Waals surface area contributed by atoms with Crippen LogP contribution in [0.25, 0.3) is 0 Å². The molecule has 78 valence electrons. The van der Waals surface area contributed by atoms with Gasteiger partial charge < -0.3 is 10.4 Å². The standard InChI is InChI=1S/C11H18N2O/c14-7-9-1-3-10(4-2-9)11-5-12-8-13-6-11/h1,5,10,12-14H,2-4,6-8H2. The molecular weight excluding hydrogens is 176 g/mol. The van der Waals surface area contributed by atoms with E-state index < -0.39 is 0 Å². The van der Waals surface area contributed by atoms with Crippen LogP contribution in [0.1, 0.15) is 19.3 Å². The molecule has 3 N–H and O–H groups in total. The molecule has 0 aromatic heterocycles. The highest BCUT2D eigenvalue weighted by Crippen LogP contribution is 2.28. The Morgan fingerprint density at radius 3 is 3.00 bits per heavy atom. The van der Waals surface area contributed by atoms with Crippen molar-refractivity contribution in [3.63, 3.8) is 0 Å². The van der Waals surface area contributed by atoms with E-state index in [1.54, 1.807) is 0 Å². The average Bonchev–Trinajstić information content (AvgIpc) is 2.30. The fourth-order valence-corrected chi connectivity index (χ4v) is 2.14. The molecule has 0 aromatic rings. The first kappa shape index (κ1) is 9.74. The van der Waals surface area contributed by atoms with Gasteiger partial charge in [-0.1, -0.05) is 6.08 Å². The van der Waals surface area contributed by atoms with E-state index in [0.29, 0.717) is 5.92 Å². The van der Waals surface area contributed by atoms with Gasteiger partial charge in [-0.15, -0.1) is 0 Å². The lowest BCUT2D eigenvalue weighted by molar-refractivity contribution is 0.318. The summed E-state index contributed by atoms with van der Waals surface area (Å²) in [4.78, 5) is 0. The van der Waals surface area contributed by atoms with E-state index in [1.165, 1.54) is 17.6 Å². The minimum atomic E-state index is 0.238. The molecular formula is C11H18N2O. The fourth-order valence-electron chi connectivity index (χ4n) is 2.14. The molecule has 1 heterocycles. The molecule has 0 bridgehead atoms. The van der Waals surface area contributed by atoms with Gasteiger partial charge in [0, 0.05) is 6.54 Å². The van der Waals surface area contributed by atoms with E-state index >= 15 is 0 Å². The van der Waals surface area contributed by atoms with Gasteiger partial charge in [-0.25, -0.2) is 0 Å². The molecule has 0 spiro atoms. The Kier molecular flexibility index (Phi) is 3.22. The van der Waals surface area contributed by atoms with Crippen molar-refractivity contribution < 1.29 is 5.11 Å². The van der Waals surface area contributed by atoms with Crippen molar-refractivity contribution in [2.45, 2.75) is 19.3 Å². The van der Waals surface area contributed by atoms with Crippen molar-refractivity contribution in [2.24, 2.45) is 5.92 Å². The molecule has 0 amide bonds. The van der Waals surface area contributed by atoms with Gasteiger partial charge in [0.1, 0.15) is 0 Å². The zero-order valence-electron chi connectivity index (χ0n) is 8.42. The second kappa shape index (κ2) is 4.62. The molecule has 1 aliphatic heterocycles. The lowest BCUT2D eigenvalue weighted by atomic mass is 9.84. The van der Waals surface area contributed by atoms with Gasteiger partial charge in [-0.05, 0) is 42.5 Å². The molecule has 1 unspecified atom stereocenters. The summed E-state index contributed by atoms with van der Waals surface area (Å²) in [7, 11) is 0. The Morgan fingerprint density at radius 1 is 1.50 bits per heavy atom. The summed E-state index contributed by atoms with van der Waals surface area (Å²) in [6.45, 7) is 2.14. The summed E-state index contributed by atoms with van der Waals surface area (Å²) in [6.07, 6.45) is 7.67. The molecule has 0 saturated heterocycles. The van der Waals surface area contributed by atoms with E-state index in [1.807, 2.05) is 0 Å². The van der Waals surface area contributed by atoms with Crippen molar-refractivity contribution in [1.82, 2.24) is 10.6 Å². The van der Waals surface area contributed by atoms with E-state index in [0.717, 1.165) is 26.1 Å². The van der Waals surface area contributed by atoms with Crippen LogP contribution in [0.15, 0.2) is 23.4 Å². The van der Waals surface area contributed by atoms with Gasteiger partial charge in [0.15, 0.2) is 0 Å². The van der Waals surface area contributed by atoms with Crippen molar-refractivity contribution in [2.75, 3.05) is 19.8 Å². The number of nitrogens with one attached hydrogen (secondary N) is 2. The minimum absolute atomic E-state index is 0.238.